The lowest BCUT2D eigenvalue weighted by Crippen LogP contribution is -2.39. The van der Waals surface area contributed by atoms with Crippen molar-refractivity contribution in [2.24, 2.45) is 11.1 Å². The largest absolute Gasteiger partial charge is 0.463 e. The van der Waals surface area contributed by atoms with Crippen LogP contribution in [0.1, 0.15) is 71.6 Å². The summed E-state index contributed by atoms with van der Waals surface area (Å²) in [6.45, 7) is 4.82. The van der Waals surface area contributed by atoms with E-state index in [-0.39, 0.29) is 17.5 Å². The fraction of sp³-hybridized carbons (Fsp3) is 0.933. The zero-order valence-electron chi connectivity index (χ0n) is 12.0. The maximum absolute atomic E-state index is 11.8. The van der Waals surface area contributed by atoms with Crippen molar-refractivity contribution in [1.82, 2.24) is 0 Å². The van der Waals surface area contributed by atoms with Gasteiger partial charge in [-0.2, -0.15) is 0 Å². The average molecular weight is 255 g/mol. The molecule has 0 saturated heterocycles. The molecule has 1 atom stereocenters. The molecule has 1 fully saturated rings. The van der Waals surface area contributed by atoms with Gasteiger partial charge in [0.05, 0.1) is 12.5 Å². The van der Waals surface area contributed by atoms with Gasteiger partial charge in [0.25, 0.3) is 0 Å². The molecule has 1 aliphatic rings. The topological polar surface area (TPSA) is 52.3 Å². The lowest BCUT2D eigenvalue weighted by atomic mass is 9.67. The van der Waals surface area contributed by atoms with E-state index in [1.54, 1.807) is 0 Å². The number of esters is 1. The van der Waals surface area contributed by atoms with Crippen LogP contribution >= 0.6 is 0 Å². The molecule has 0 aromatic rings. The van der Waals surface area contributed by atoms with Crippen LogP contribution in [0.25, 0.3) is 0 Å². The van der Waals surface area contributed by atoms with Gasteiger partial charge in [-0.25, -0.2) is 0 Å². The maximum atomic E-state index is 11.8. The third kappa shape index (κ3) is 4.97. The minimum Gasteiger partial charge on any atom is -0.463 e. The van der Waals surface area contributed by atoms with E-state index in [1.807, 2.05) is 6.92 Å². The molecule has 1 rings (SSSR count). The van der Waals surface area contributed by atoms with E-state index in [0.29, 0.717) is 13.0 Å². The number of hydrogen-bond donors (Lipinski definition) is 1. The van der Waals surface area contributed by atoms with E-state index in [1.165, 1.54) is 25.7 Å². The SMILES string of the molecule is CCCCCCC(C)OC(=O)CC1(CN)CCC1. The number of unbranched alkanes of at least 4 members (excludes halogenated alkanes) is 3. The number of rotatable bonds is 9. The Balaban J connectivity index is 2.15. The van der Waals surface area contributed by atoms with Crippen molar-refractivity contribution >= 4 is 5.97 Å². The van der Waals surface area contributed by atoms with Gasteiger partial charge in [0, 0.05) is 0 Å². The van der Waals surface area contributed by atoms with Crippen LogP contribution in [0.3, 0.4) is 0 Å². The molecule has 3 nitrogen and oxygen atoms in total. The minimum atomic E-state index is -0.0526. The van der Waals surface area contributed by atoms with Gasteiger partial charge in [-0.15, -0.1) is 0 Å². The second-order valence-electron chi connectivity index (χ2n) is 5.88. The summed E-state index contributed by atoms with van der Waals surface area (Å²) in [7, 11) is 0. The molecule has 0 amide bonds. The Morgan fingerprint density at radius 3 is 2.56 bits per heavy atom. The van der Waals surface area contributed by atoms with Gasteiger partial charge < -0.3 is 10.5 Å². The lowest BCUT2D eigenvalue weighted by Gasteiger charge is -2.40. The van der Waals surface area contributed by atoms with Crippen molar-refractivity contribution in [1.29, 1.82) is 0 Å². The first-order valence-electron chi connectivity index (χ1n) is 7.51. The third-order valence-electron chi connectivity index (χ3n) is 4.16. The summed E-state index contributed by atoms with van der Waals surface area (Å²) in [6, 6.07) is 0. The van der Waals surface area contributed by atoms with Gasteiger partial charge in [-0.3, -0.25) is 4.79 Å². The molecule has 1 saturated carbocycles. The van der Waals surface area contributed by atoms with Crippen molar-refractivity contribution in [3.05, 3.63) is 0 Å². The van der Waals surface area contributed by atoms with E-state index < -0.39 is 0 Å². The molecule has 1 aliphatic carbocycles. The first-order chi connectivity index (χ1) is 8.62. The van der Waals surface area contributed by atoms with Crippen LogP contribution in [-0.2, 0) is 9.53 Å². The van der Waals surface area contributed by atoms with Gasteiger partial charge in [0.15, 0.2) is 0 Å². The molecule has 0 aliphatic heterocycles. The third-order valence-corrected chi connectivity index (χ3v) is 4.16. The summed E-state index contributed by atoms with van der Waals surface area (Å²) in [5, 5.41) is 0. The number of carbonyl (C=O) groups excluding carboxylic acids is 1. The van der Waals surface area contributed by atoms with Crippen LogP contribution in [0.2, 0.25) is 0 Å². The molecule has 1 unspecified atom stereocenters. The first kappa shape index (κ1) is 15.5. The molecule has 0 spiro atoms. The second-order valence-corrected chi connectivity index (χ2v) is 5.88. The summed E-state index contributed by atoms with van der Waals surface area (Å²) in [5.41, 5.74) is 5.82. The molecule has 2 N–H and O–H groups in total. The van der Waals surface area contributed by atoms with Gasteiger partial charge in [-0.05, 0) is 44.6 Å². The summed E-state index contributed by atoms with van der Waals surface area (Å²) < 4.78 is 5.47. The molecule has 0 aromatic heterocycles. The Kier molecular flexibility index (Phi) is 6.69. The quantitative estimate of drug-likeness (QED) is 0.507. The predicted molar refractivity (Wildman–Crippen MR) is 74.3 cm³/mol. The standard InChI is InChI=1S/C15H29NO2/c1-3-4-5-6-8-13(2)18-14(17)11-15(12-16)9-7-10-15/h13H,3-12,16H2,1-2H3. The Labute approximate surface area is 111 Å². The van der Waals surface area contributed by atoms with E-state index >= 15 is 0 Å². The average Bonchev–Trinajstić information content (AvgIpc) is 2.29. The molecular formula is C15H29NO2. The normalized spacial score (nSPS) is 19.1. The van der Waals surface area contributed by atoms with Crippen molar-refractivity contribution in [3.8, 4) is 0 Å². The number of nitrogens with two attached hydrogens (primary N) is 1. The molecule has 0 aromatic carbocycles. The van der Waals surface area contributed by atoms with Crippen molar-refractivity contribution in [3.63, 3.8) is 0 Å². The highest BCUT2D eigenvalue weighted by Crippen LogP contribution is 2.43. The van der Waals surface area contributed by atoms with Crippen molar-refractivity contribution in [2.45, 2.75) is 77.7 Å². The zero-order valence-corrected chi connectivity index (χ0v) is 12.0. The molecular weight excluding hydrogens is 226 g/mol. The first-order valence-corrected chi connectivity index (χ1v) is 7.51. The summed E-state index contributed by atoms with van der Waals surface area (Å²) >= 11 is 0. The highest BCUT2D eigenvalue weighted by molar-refractivity contribution is 5.70. The lowest BCUT2D eigenvalue weighted by molar-refractivity contribution is -0.152. The second kappa shape index (κ2) is 7.78. The number of ether oxygens (including phenoxy) is 1. The fourth-order valence-corrected chi connectivity index (χ4v) is 2.62. The highest BCUT2D eigenvalue weighted by atomic mass is 16.5. The molecule has 106 valence electrons. The Bertz CT molecular complexity index is 243. The summed E-state index contributed by atoms with van der Waals surface area (Å²) in [6.07, 6.45) is 9.86. The van der Waals surface area contributed by atoms with Crippen LogP contribution in [0.4, 0.5) is 0 Å². The Morgan fingerprint density at radius 1 is 1.33 bits per heavy atom. The van der Waals surface area contributed by atoms with Crippen LogP contribution in [0.5, 0.6) is 0 Å². The molecule has 0 bridgehead atoms. The molecule has 0 radical (unpaired) electrons. The Morgan fingerprint density at radius 2 is 2.06 bits per heavy atom. The van der Waals surface area contributed by atoms with Crippen molar-refractivity contribution < 1.29 is 9.53 Å². The molecule has 3 heteroatoms. The van der Waals surface area contributed by atoms with Crippen LogP contribution in [0, 0.1) is 5.41 Å². The van der Waals surface area contributed by atoms with Crippen molar-refractivity contribution in [2.75, 3.05) is 6.54 Å². The van der Waals surface area contributed by atoms with Crippen LogP contribution in [-0.4, -0.2) is 18.6 Å². The van der Waals surface area contributed by atoms with Gasteiger partial charge in [0.1, 0.15) is 0 Å². The number of carbonyl (C=O) groups is 1. The molecule has 0 heterocycles. The summed E-state index contributed by atoms with van der Waals surface area (Å²) in [4.78, 5) is 11.8. The van der Waals surface area contributed by atoms with Crippen LogP contribution in [0.15, 0.2) is 0 Å². The monoisotopic (exact) mass is 255 g/mol. The van der Waals surface area contributed by atoms with Gasteiger partial charge in [0.2, 0.25) is 0 Å². The smallest absolute Gasteiger partial charge is 0.306 e. The van der Waals surface area contributed by atoms with Gasteiger partial charge >= 0.3 is 5.97 Å². The zero-order chi connectivity index (χ0) is 13.4. The minimum absolute atomic E-state index is 0.0526. The molecule has 18 heavy (non-hydrogen) atoms. The Hall–Kier alpha value is -0.570. The maximum Gasteiger partial charge on any atom is 0.306 e. The number of hydrogen-bond acceptors (Lipinski definition) is 3. The van der Waals surface area contributed by atoms with E-state index in [4.69, 9.17) is 10.5 Å². The van der Waals surface area contributed by atoms with E-state index in [9.17, 15) is 4.79 Å². The van der Waals surface area contributed by atoms with E-state index in [2.05, 4.69) is 6.92 Å². The van der Waals surface area contributed by atoms with Gasteiger partial charge in [-0.1, -0.05) is 32.6 Å². The van der Waals surface area contributed by atoms with Crippen LogP contribution < -0.4 is 5.73 Å². The highest BCUT2D eigenvalue weighted by Gasteiger charge is 2.38. The predicted octanol–water partition coefficient (Wildman–Crippen LogP) is 3.41. The summed E-state index contributed by atoms with van der Waals surface area (Å²) in [5.74, 6) is -0.0526. The fourth-order valence-electron chi connectivity index (χ4n) is 2.62. The van der Waals surface area contributed by atoms with E-state index in [0.717, 1.165) is 25.7 Å².